The lowest BCUT2D eigenvalue weighted by molar-refractivity contribution is 0.0971. The molecule has 8 heteroatoms. The molecule has 3 rings (SSSR count). The Bertz CT molecular complexity index is 789. The topological polar surface area (TPSA) is 81.1 Å². The summed E-state index contributed by atoms with van der Waals surface area (Å²) in [6, 6.07) is 1.71. The van der Waals surface area contributed by atoms with Gasteiger partial charge in [0.25, 0.3) is 15.9 Å². The first kappa shape index (κ1) is 14.3. The van der Waals surface area contributed by atoms with Gasteiger partial charge in [-0.1, -0.05) is 0 Å². The summed E-state index contributed by atoms with van der Waals surface area (Å²) in [4.78, 5) is 16.5. The average Bonchev–Trinajstić information content (AvgIpc) is 3.04. The molecular formula is C13H15N3O3S2. The van der Waals surface area contributed by atoms with Crippen molar-refractivity contribution in [1.82, 2.24) is 14.3 Å². The Morgan fingerprint density at radius 1 is 1.43 bits per heavy atom. The summed E-state index contributed by atoms with van der Waals surface area (Å²) in [7, 11) is -3.82. The highest BCUT2D eigenvalue weighted by molar-refractivity contribution is 7.92. The van der Waals surface area contributed by atoms with Gasteiger partial charge in [-0.05, 0) is 36.8 Å². The summed E-state index contributed by atoms with van der Waals surface area (Å²) < 4.78 is 28.6. The van der Waals surface area contributed by atoms with Crippen molar-refractivity contribution in [2.24, 2.45) is 0 Å². The zero-order valence-electron chi connectivity index (χ0n) is 11.5. The number of aromatic nitrogens is 2. The first-order valence-electron chi connectivity index (χ1n) is 6.65. The summed E-state index contributed by atoms with van der Waals surface area (Å²) in [6.07, 6.45) is 4.29. The van der Waals surface area contributed by atoms with E-state index in [1.165, 1.54) is 6.20 Å². The predicted molar refractivity (Wildman–Crippen MR) is 78.9 cm³/mol. The first-order chi connectivity index (χ1) is 9.99. The van der Waals surface area contributed by atoms with Crippen molar-refractivity contribution < 1.29 is 13.2 Å². The second kappa shape index (κ2) is 5.27. The van der Waals surface area contributed by atoms with E-state index in [0.29, 0.717) is 17.8 Å². The van der Waals surface area contributed by atoms with Crippen molar-refractivity contribution in [2.45, 2.75) is 36.9 Å². The fourth-order valence-electron chi connectivity index (χ4n) is 2.45. The van der Waals surface area contributed by atoms with Crippen LogP contribution in [0.15, 0.2) is 21.9 Å². The van der Waals surface area contributed by atoms with Crippen LogP contribution in [0.25, 0.3) is 0 Å². The van der Waals surface area contributed by atoms with E-state index in [-0.39, 0.29) is 4.21 Å². The van der Waals surface area contributed by atoms with Crippen LogP contribution in [-0.4, -0.2) is 23.9 Å². The van der Waals surface area contributed by atoms with Crippen LogP contribution < -0.4 is 4.72 Å². The Morgan fingerprint density at radius 3 is 2.95 bits per heavy atom. The molecular weight excluding hydrogens is 310 g/mol. The Kier molecular flexibility index (Phi) is 3.58. The van der Waals surface area contributed by atoms with E-state index in [1.807, 2.05) is 0 Å². The van der Waals surface area contributed by atoms with Gasteiger partial charge in [-0.25, -0.2) is 18.1 Å². The molecule has 2 aromatic rings. The number of imidazole rings is 1. The van der Waals surface area contributed by atoms with Gasteiger partial charge in [-0.2, -0.15) is 0 Å². The van der Waals surface area contributed by atoms with Crippen molar-refractivity contribution in [1.29, 1.82) is 0 Å². The summed E-state index contributed by atoms with van der Waals surface area (Å²) >= 11 is 1.10. The van der Waals surface area contributed by atoms with Gasteiger partial charge in [-0.3, -0.25) is 4.79 Å². The molecule has 0 saturated heterocycles. The molecule has 2 aromatic heterocycles. The van der Waals surface area contributed by atoms with Gasteiger partial charge >= 0.3 is 0 Å². The maximum absolute atomic E-state index is 12.3. The van der Waals surface area contributed by atoms with E-state index in [4.69, 9.17) is 0 Å². The number of thiophene rings is 1. The van der Waals surface area contributed by atoms with Gasteiger partial charge in [-0.15, -0.1) is 11.3 Å². The number of aryl methyl sites for hydroxylation is 2. The maximum atomic E-state index is 12.3. The minimum atomic E-state index is -3.82. The van der Waals surface area contributed by atoms with Gasteiger partial charge in [0.15, 0.2) is 0 Å². The molecule has 0 bridgehead atoms. The van der Waals surface area contributed by atoms with Crippen LogP contribution >= 0.6 is 11.3 Å². The maximum Gasteiger partial charge on any atom is 0.283 e. The standard InChI is InChI=1S/C13H15N3O3S2/c1-9-5-7-20-13(9)21(18,19)15-12(17)10-8-14-11-4-2-3-6-16(10)11/h5,7-8H,2-4,6H2,1H3,(H,15,17). The monoisotopic (exact) mass is 325 g/mol. The van der Waals surface area contributed by atoms with Crippen LogP contribution in [0.3, 0.4) is 0 Å². The van der Waals surface area contributed by atoms with Crippen molar-refractivity contribution in [3.8, 4) is 0 Å². The van der Waals surface area contributed by atoms with Crippen molar-refractivity contribution >= 4 is 27.3 Å². The van der Waals surface area contributed by atoms with E-state index in [0.717, 1.165) is 36.4 Å². The molecule has 1 aliphatic heterocycles. The van der Waals surface area contributed by atoms with Gasteiger partial charge in [0.2, 0.25) is 0 Å². The highest BCUT2D eigenvalue weighted by Gasteiger charge is 2.25. The smallest absolute Gasteiger partial charge is 0.283 e. The Hall–Kier alpha value is -1.67. The molecule has 0 saturated carbocycles. The Balaban J connectivity index is 1.87. The number of nitrogens with one attached hydrogen (secondary N) is 1. The minimum Gasteiger partial charge on any atom is -0.324 e. The van der Waals surface area contributed by atoms with Crippen LogP contribution in [0.2, 0.25) is 0 Å². The van der Waals surface area contributed by atoms with Crippen LogP contribution in [0, 0.1) is 6.92 Å². The van der Waals surface area contributed by atoms with Crippen LogP contribution in [0.1, 0.15) is 34.7 Å². The molecule has 1 N–H and O–H groups in total. The third kappa shape index (κ3) is 2.60. The molecule has 21 heavy (non-hydrogen) atoms. The van der Waals surface area contributed by atoms with E-state index in [9.17, 15) is 13.2 Å². The van der Waals surface area contributed by atoms with Gasteiger partial charge in [0, 0.05) is 13.0 Å². The number of carbonyl (C=O) groups excluding carboxylic acids is 1. The van der Waals surface area contributed by atoms with Gasteiger partial charge in [0.1, 0.15) is 15.7 Å². The molecule has 6 nitrogen and oxygen atoms in total. The van der Waals surface area contributed by atoms with Gasteiger partial charge in [0.05, 0.1) is 6.20 Å². The highest BCUT2D eigenvalue weighted by atomic mass is 32.2. The number of sulfonamides is 1. The highest BCUT2D eigenvalue weighted by Crippen LogP contribution is 2.22. The number of fused-ring (bicyclic) bond motifs is 1. The number of nitrogens with zero attached hydrogens (tertiary/aromatic N) is 2. The van der Waals surface area contributed by atoms with E-state index >= 15 is 0 Å². The summed E-state index contributed by atoms with van der Waals surface area (Å²) in [6.45, 7) is 2.41. The Labute approximate surface area is 126 Å². The molecule has 112 valence electrons. The zero-order chi connectivity index (χ0) is 15.0. The van der Waals surface area contributed by atoms with Crippen molar-refractivity contribution in [2.75, 3.05) is 0 Å². The molecule has 0 fully saturated rings. The number of amides is 1. The molecule has 0 aromatic carbocycles. The lowest BCUT2D eigenvalue weighted by Crippen LogP contribution is -2.32. The third-order valence-electron chi connectivity index (χ3n) is 3.49. The SMILES string of the molecule is Cc1ccsc1S(=O)(=O)NC(=O)c1cnc2n1CCCC2. The molecule has 0 aliphatic carbocycles. The van der Waals surface area contributed by atoms with E-state index < -0.39 is 15.9 Å². The fraction of sp³-hybridized carbons (Fsp3) is 0.385. The summed E-state index contributed by atoms with van der Waals surface area (Å²) in [5.41, 5.74) is 0.943. The Morgan fingerprint density at radius 2 is 2.24 bits per heavy atom. The second-order valence-corrected chi connectivity index (χ2v) is 7.79. The third-order valence-corrected chi connectivity index (χ3v) is 6.51. The predicted octanol–water partition coefficient (Wildman–Crippen LogP) is 1.71. The van der Waals surface area contributed by atoms with E-state index in [1.54, 1.807) is 22.9 Å². The van der Waals surface area contributed by atoms with Crippen LogP contribution in [0.5, 0.6) is 0 Å². The molecule has 0 atom stereocenters. The molecule has 0 radical (unpaired) electrons. The first-order valence-corrected chi connectivity index (χ1v) is 9.01. The van der Waals surface area contributed by atoms with Gasteiger partial charge < -0.3 is 4.57 Å². The second-order valence-electron chi connectivity index (χ2n) is 4.99. The number of hydrogen-bond acceptors (Lipinski definition) is 5. The van der Waals surface area contributed by atoms with Crippen molar-refractivity contribution in [3.63, 3.8) is 0 Å². The summed E-state index contributed by atoms with van der Waals surface area (Å²) in [5.74, 6) is 0.222. The molecule has 1 aliphatic rings. The molecule has 1 amide bonds. The fourth-order valence-corrected chi connectivity index (χ4v) is 4.83. The molecule has 0 unspecified atom stereocenters. The minimum absolute atomic E-state index is 0.175. The van der Waals surface area contributed by atoms with Crippen LogP contribution in [0.4, 0.5) is 0 Å². The quantitative estimate of drug-likeness (QED) is 0.931. The number of carbonyl (C=O) groups is 1. The number of hydrogen-bond donors (Lipinski definition) is 1. The number of rotatable bonds is 3. The van der Waals surface area contributed by atoms with Crippen LogP contribution in [-0.2, 0) is 23.0 Å². The zero-order valence-corrected chi connectivity index (χ0v) is 13.1. The molecule has 0 spiro atoms. The van der Waals surface area contributed by atoms with Crippen molar-refractivity contribution in [3.05, 3.63) is 34.7 Å². The average molecular weight is 325 g/mol. The lowest BCUT2D eigenvalue weighted by Gasteiger charge is -2.16. The normalized spacial score (nSPS) is 14.7. The lowest BCUT2D eigenvalue weighted by atomic mass is 10.1. The summed E-state index contributed by atoms with van der Waals surface area (Å²) in [5, 5.41) is 1.69. The molecule has 3 heterocycles. The van der Waals surface area contributed by atoms with E-state index in [2.05, 4.69) is 9.71 Å². The largest absolute Gasteiger partial charge is 0.324 e.